The Hall–Kier alpha value is -1.21. The molecule has 4 nitrogen and oxygen atoms in total. The molecule has 0 radical (unpaired) electrons. The summed E-state index contributed by atoms with van der Waals surface area (Å²) >= 11 is 0. The van der Waals surface area contributed by atoms with Gasteiger partial charge in [-0.15, -0.1) is 6.42 Å². The van der Waals surface area contributed by atoms with Gasteiger partial charge in [-0.25, -0.2) is 4.79 Å². The van der Waals surface area contributed by atoms with Crippen molar-refractivity contribution in [2.75, 3.05) is 13.1 Å². The molecule has 1 saturated carbocycles. The van der Waals surface area contributed by atoms with Gasteiger partial charge >= 0.3 is 6.03 Å². The summed E-state index contributed by atoms with van der Waals surface area (Å²) in [6, 6.07) is -0.321. The van der Waals surface area contributed by atoms with Crippen LogP contribution in [0, 0.1) is 12.3 Å². The fourth-order valence-corrected chi connectivity index (χ4v) is 1.20. The van der Waals surface area contributed by atoms with Crippen LogP contribution >= 0.6 is 0 Å². The first kappa shape index (κ1) is 9.87. The average Bonchev–Trinajstić information content (AvgIpc) is 2.08. The standard InChI is InChI=1S/C9H14N2O2/c1-2-6-10-8(12)11-7-9(13)4-3-5-9/h1,13H,3-7H2,(H2,10,11,12). The molecule has 0 aliphatic heterocycles. The van der Waals surface area contributed by atoms with Crippen LogP contribution in [-0.4, -0.2) is 29.8 Å². The normalized spacial score (nSPS) is 18.2. The lowest BCUT2D eigenvalue weighted by atomic mass is 9.80. The predicted molar refractivity (Wildman–Crippen MR) is 49.0 cm³/mol. The highest BCUT2D eigenvalue weighted by molar-refractivity contribution is 5.74. The molecule has 0 aromatic heterocycles. The third-order valence-corrected chi connectivity index (χ3v) is 2.21. The van der Waals surface area contributed by atoms with E-state index in [4.69, 9.17) is 6.42 Å². The minimum absolute atomic E-state index is 0.213. The maximum atomic E-state index is 11.0. The van der Waals surface area contributed by atoms with Gasteiger partial charge in [-0.1, -0.05) is 5.92 Å². The molecule has 0 unspecified atom stereocenters. The lowest BCUT2D eigenvalue weighted by Crippen LogP contribution is -2.50. The SMILES string of the molecule is C#CCNC(=O)NCC1(O)CCC1. The van der Waals surface area contributed by atoms with Gasteiger partial charge in [-0.05, 0) is 19.3 Å². The first-order valence-electron chi connectivity index (χ1n) is 4.34. The molecule has 0 aromatic rings. The van der Waals surface area contributed by atoms with Crippen LogP contribution in [0.15, 0.2) is 0 Å². The van der Waals surface area contributed by atoms with E-state index in [9.17, 15) is 9.90 Å². The zero-order valence-electron chi connectivity index (χ0n) is 7.47. The molecule has 0 aromatic carbocycles. The minimum atomic E-state index is -0.673. The number of hydrogen-bond donors (Lipinski definition) is 3. The van der Waals surface area contributed by atoms with Crippen LogP contribution in [0.5, 0.6) is 0 Å². The van der Waals surface area contributed by atoms with E-state index in [0.717, 1.165) is 19.3 Å². The predicted octanol–water partition coefficient (Wildman–Crippen LogP) is -0.166. The molecule has 0 spiro atoms. The van der Waals surface area contributed by atoms with Crippen molar-refractivity contribution < 1.29 is 9.90 Å². The number of carbonyl (C=O) groups excluding carboxylic acids is 1. The first-order chi connectivity index (χ1) is 6.16. The second-order valence-electron chi connectivity index (χ2n) is 3.32. The highest BCUT2D eigenvalue weighted by Gasteiger charge is 2.34. The van der Waals surface area contributed by atoms with E-state index in [1.54, 1.807) is 0 Å². The van der Waals surface area contributed by atoms with Crippen LogP contribution in [0.4, 0.5) is 4.79 Å². The van der Waals surface area contributed by atoms with Gasteiger partial charge in [0.1, 0.15) is 0 Å². The molecule has 1 aliphatic rings. The van der Waals surface area contributed by atoms with Crippen molar-refractivity contribution in [3.05, 3.63) is 0 Å². The Morgan fingerprint density at radius 2 is 2.23 bits per heavy atom. The average molecular weight is 182 g/mol. The number of rotatable bonds is 3. The number of terminal acetylenes is 1. The third-order valence-electron chi connectivity index (χ3n) is 2.21. The Labute approximate surface area is 77.7 Å². The summed E-state index contributed by atoms with van der Waals surface area (Å²) in [6.45, 7) is 0.521. The van der Waals surface area contributed by atoms with Gasteiger partial charge < -0.3 is 15.7 Å². The number of aliphatic hydroxyl groups is 1. The molecule has 0 atom stereocenters. The second-order valence-corrected chi connectivity index (χ2v) is 3.32. The molecule has 0 bridgehead atoms. The lowest BCUT2D eigenvalue weighted by Gasteiger charge is -2.36. The molecular formula is C9H14N2O2. The number of carbonyl (C=O) groups is 1. The fourth-order valence-electron chi connectivity index (χ4n) is 1.20. The van der Waals surface area contributed by atoms with Gasteiger partial charge in [0.15, 0.2) is 0 Å². The van der Waals surface area contributed by atoms with Gasteiger partial charge in [0, 0.05) is 6.54 Å². The Morgan fingerprint density at radius 1 is 1.54 bits per heavy atom. The topological polar surface area (TPSA) is 61.4 Å². The smallest absolute Gasteiger partial charge is 0.315 e. The van der Waals surface area contributed by atoms with Crippen molar-refractivity contribution >= 4 is 6.03 Å². The van der Waals surface area contributed by atoms with Gasteiger partial charge in [-0.2, -0.15) is 0 Å². The molecule has 13 heavy (non-hydrogen) atoms. The molecule has 1 rings (SSSR count). The maximum absolute atomic E-state index is 11.0. The van der Waals surface area contributed by atoms with Crippen molar-refractivity contribution in [1.82, 2.24) is 10.6 Å². The van der Waals surface area contributed by atoms with Crippen molar-refractivity contribution in [3.63, 3.8) is 0 Å². The Bertz CT molecular complexity index is 228. The van der Waals surface area contributed by atoms with Gasteiger partial charge in [-0.3, -0.25) is 0 Å². The van der Waals surface area contributed by atoms with E-state index < -0.39 is 5.60 Å². The summed E-state index contributed by atoms with van der Waals surface area (Å²) in [5.41, 5.74) is -0.673. The van der Waals surface area contributed by atoms with E-state index in [2.05, 4.69) is 16.6 Å². The van der Waals surface area contributed by atoms with E-state index in [1.165, 1.54) is 0 Å². The molecule has 0 saturated heterocycles. The molecule has 2 amide bonds. The van der Waals surface area contributed by atoms with Crippen LogP contribution in [0.2, 0.25) is 0 Å². The zero-order chi connectivity index (χ0) is 9.73. The Balaban J connectivity index is 2.11. The molecule has 72 valence electrons. The lowest BCUT2D eigenvalue weighted by molar-refractivity contribution is -0.0289. The fraction of sp³-hybridized carbons (Fsp3) is 0.667. The highest BCUT2D eigenvalue weighted by atomic mass is 16.3. The number of hydrogen-bond acceptors (Lipinski definition) is 2. The number of nitrogens with one attached hydrogen (secondary N) is 2. The Kier molecular flexibility index (Phi) is 3.15. The second kappa shape index (κ2) is 4.15. The van der Waals surface area contributed by atoms with E-state index in [0.29, 0.717) is 6.54 Å². The minimum Gasteiger partial charge on any atom is -0.388 e. The van der Waals surface area contributed by atoms with Crippen LogP contribution in [-0.2, 0) is 0 Å². The first-order valence-corrected chi connectivity index (χ1v) is 4.34. The summed E-state index contributed by atoms with van der Waals surface area (Å²) in [4.78, 5) is 11.0. The summed E-state index contributed by atoms with van der Waals surface area (Å²) in [6.07, 6.45) is 7.52. The van der Waals surface area contributed by atoms with Crippen molar-refractivity contribution in [1.29, 1.82) is 0 Å². The van der Waals surface area contributed by atoms with Gasteiger partial charge in [0.05, 0.1) is 12.1 Å². The molecule has 1 aliphatic carbocycles. The largest absolute Gasteiger partial charge is 0.388 e. The summed E-state index contributed by atoms with van der Waals surface area (Å²) in [5.74, 6) is 2.29. The highest BCUT2D eigenvalue weighted by Crippen LogP contribution is 2.30. The van der Waals surface area contributed by atoms with Crippen LogP contribution in [0.25, 0.3) is 0 Å². The van der Waals surface area contributed by atoms with Crippen LogP contribution in [0.1, 0.15) is 19.3 Å². The molecule has 0 heterocycles. The molecular weight excluding hydrogens is 168 g/mol. The van der Waals surface area contributed by atoms with Crippen molar-refractivity contribution in [3.8, 4) is 12.3 Å². The number of urea groups is 1. The summed E-state index contributed by atoms with van der Waals surface area (Å²) < 4.78 is 0. The third kappa shape index (κ3) is 2.96. The van der Waals surface area contributed by atoms with Crippen molar-refractivity contribution in [2.24, 2.45) is 0 Å². The van der Waals surface area contributed by atoms with E-state index in [1.807, 2.05) is 0 Å². The quantitative estimate of drug-likeness (QED) is 0.531. The monoisotopic (exact) mass is 182 g/mol. The number of amides is 2. The molecule has 3 N–H and O–H groups in total. The van der Waals surface area contributed by atoms with Crippen molar-refractivity contribution in [2.45, 2.75) is 24.9 Å². The van der Waals surface area contributed by atoms with Gasteiger partial charge in [0.2, 0.25) is 0 Å². The molecule has 1 fully saturated rings. The van der Waals surface area contributed by atoms with Gasteiger partial charge in [0.25, 0.3) is 0 Å². The maximum Gasteiger partial charge on any atom is 0.315 e. The molecule has 4 heteroatoms. The van der Waals surface area contributed by atoms with Crippen LogP contribution < -0.4 is 10.6 Å². The zero-order valence-corrected chi connectivity index (χ0v) is 7.47. The summed E-state index contributed by atoms with van der Waals surface area (Å²) in [7, 11) is 0. The van der Waals surface area contributed by atoms with Crippen LogP contribution in [0.3, 0.4) is 0 Å². The van der Waals surface area contributed by atoms with E-state index >= 15 is 0 Å². The Morgan fingerprint density at radius 3 is 2.69 bits per heavy atom. The summed E-state index contributed by atoms with van der Waals surface area (Å²) in [5, 5.41) is 14.6. The van der Waals surface area contributed by atoms with E-state index in [-0.39, 0.29) is 12.6 Å².